The van der Waals surface area contributed by atoms with Gasteiger partial charge in [-0.1, -0.05) is 0 Å². The fourth-order valence-electron chi connectivity index (χ4n) is 3.05. The lowest BCUT2D eigenvalue weighted by Gasteiger charge is -2.36. The molecule has 4 nitrogen and oxygen atoms in total. The molecule has 2 rings (SSSR count). The predicted octanol–water partition coefficient (Wildman–Crippen LogP) is 1.96. The molecule has 0 bridgehead atoms. The van der Waals surface area contributed by atoms with E-state index in [2.05, 4.69) is 49.8 Å². The first kappa shape index (κ1) is 16.9. The van der Waals surface area contributed by atoms with Crippen molar-refractivity contribution in [3.63, 3.8) is 0 Å². The lowest BCUT2D eigenvalue weighted by molar-refractivity contribution is -0.0777. The molecule has 120 valence electrons. The summed E-state index contributed by atoms with van der Waals surface area (Å²) in [5.74, 6) is 0. The molecule has 0 spiro atoms. The van der Waals surface area contributed by atoms with Crippen LogP contribution in [0.5, 0.6) is 0 Å². The molecule has 3 atom stereocenters. The third kappa shape index (κ3) is 5.68. The molecule has 1 fully saturated rings. The number of hydrogen-bond donors (Lipinski definition) is 1. The van der Waals surface area contributed by atoms with Crippen LogP contribution in [0.4, 0.5) is 0 Å². The van der Waals surface area contributed by atoms with Crippen LogP contribution in [0, 0.1) is 6.92 Å². The minimum absolute atomic E-state index is 0.257. The molecule has 1 saturated heterocycles. The number of aliphatic hydroxyl groups excluding tert-OH is 1. The Morgan fingerprint density at radius 3 is 2.62 bits per heavy atom. The highest BCUT2D eigenvalue weighted by Gasteiger charge is 2.24. The SMILES string of the molecule is Cc1ccc(CN(C)CC(O)CN2CC(C)OC(C)C2)s1. The molecule has 0 aromatic carbocycles. The molecular formula is C16H28N2O2S. The van der Waals surface area contributed by atoms with E-state index in [0.29, 0.717) is 6.54 Å². The second-order valence-electron chi connectivity index (χ2n) is 6.34. The van der Waals surface area contributed by atoms with Crippen LogP contribution >= 0.6 is 11.3 Å². The lowest BCUT2D eigenvalue weighted by Crippen LogP contribution is -2.49. The molecule has 0 aliphatic carbocycles. The van der Waals surface area contributed by atoms with Crippen molar-refractivity contribution >= 4 is 11.3 Å². The smallest absolute Gasteiger partial charge is 0.0793 e. The quantitative estimate of drug-likeness (QED) is 0.871. The standard InChI is InChI=1S/C16H28N2O2S/c1-12-7-18(8-13(2)20-12)10-15(19)9-17(4)11-16-6-5-14(3)21-16/h5-6,12-13,15,19H,7-11H2,1-4H3. The van der Waals surface area contributed by atoms with Gasteiger partial charge in [-0.3, -0.25) is 9.80 Å². The van der Waals surface area contributed by atoms with Gasteiger partial charge < -0.3 is 9.84 Å². The van der Waals surface area contributed by atoms with Gasteiger partial charge in [0.15, 0.2) is 0 Å². The van der Waals surface area contributed by atoms with Crippen LogP contribution in [-0.2, 0) is 11.3 Å². The summed E-state index contributed by atoms with van der Waals surface area (Å²) in [7, 11) is 2.07. The molecule has 1 aliphatic heterocycles. The number of thiophene rings is 1. The zero-order chi connectivity index (χ0) is 15.4. The van der Waals surface area contributed by atoms with Gasteiger partial charge in [0.05, 0.1) is 18.3 Å². The maximum Gasteiger partial charge on any atom is 0.0793 e. The highest BCUT2D eigenvalue weighted by atomic mass is 32.1. The van der Waals surface area contributed by atoms with Crippen LogP contribution in [0.15, 0.2) is 12.1 Å². The molecule has 0 saturated carbocycles. The average Bonchev–Trinajstić information content (AvgIpc) is 2.72. The predicted molar refractivity (Wildman–Crippen MR) is 87.8 cm³/mol. The van der Waals surface area contributed by atoms with Gasteiger partial charge in [0.2, 0.25) is 0 Å². The average molecular weight is 312 g/mol. The number of likely N-dealkylation sites (N-methyl/N-ethyl adjacent to an activating group) is 1. The van der Waals surface area contributed by atoms with Gasteiger partial charge >= 0.3 is 0 Å². The van der Waals surface area contributed by atoms with Crippen LogP contribution in [0.25, 0.3) is 0 Å². The number of ether oxygens (including phenoxy) is 1. The third-order valence-electron chi connectivity index (χ3n) is 3.71. The van der Waals surface area contributed by atoms with E-state index >= 15 is 0 Å². The van der Waals surface area contributed by atoms with Crippen molar-refractivity contribution in [1.82, 2.24) is 9.80 Å². The fourth-order valence-corrected chi connectivity index (χ4v) is 4.02. The molecule has 5 heteroatoms. The van der Waals surface area contributed by atoms with Crippen LogP contribution in [-0.4, -0.2) is 66.4 Å². The summed E-state index contributed by atoms with van der Waals surface area (Å²) in [5.41, 5.74) is 0. The summed E-state index contributed by atoms with van der Waals surface area (Å²) in [5, 5.41) is 10.3. The first-order chi connectivity index (χ1) is 9.92. The molecule has 2 heterocycles. The lowest BCUT2D eigenvalue weighted by atomic mass is 10.2. The zero-order valence-corrected chi connectivity index (χ0v) is 14.4. The Morgan fingerprint density at radius 2 is 2.05 bits per heavy atom. The molecule has 21 heavy (non-hydrogen) atoms. The number of aliphatic hydroxyl groups is 1. The summed E-state index contributed by atoms with van der Waals surface area (Å²) in [6, 6.07) is 4.33. The molecule has 1 aliphatic rings. The Labute approximate surface area is 132 Å². The number of hydrogen-bond acceptors (Lipinski definition) is 5. The molecule has 1 aromatic heterocycles. The van der Waals surface area contributed by atoms with Crippen LogP contribution in [0.2, 0.25) is 0 Å². The van der Waals surface area contributed by atoms with E-state index in [-0.39, 0.29) is 18.3 Å². The van der Waals surface area contributed by atoms with E-state index in [1.807, 2.05) is 11.3 Å². The van der Waals surface area contributed by atoms with E-state index < -0.39 is 0 Å². The minimum Gasteiger partial charge on any atom is -0.390 e. The first-order valence-corrected chi connectivity index (χ1v) is 8.53. The third-order valence-corrected chi connectivity index (χ3v) is 4.69. The zero-order valence-electron chi connectivity index (χ0n) is 13.6. The summed E-state index contributed by atoms with van der Waals surface area (Å²) >= 11 is 1.83. The van der Waals surface area contributed by atoms with Crippen molar-refractivity contribution in [2.24, 2.45) is 0 Å². The van der Waals surface area contributed by atoms with Crippen molar-refractivity contribution in [3.05, 3.63) is 21.9 Å². The summed E-state index contributed by atoms with van der Waals surface area (Å²) in [4.78, 5) is 7.21. The van der Waals surface area contributed by atoms with Crippen molar-refractivity contribution in [3.8, 4) is 0 Å². The van der Waals surface area contributed by atoms with E-state index in [0.717, 1.165) is 26.2 Å². The summed E-state index contributed by atoms with van der Waals surface area (Å²) < 4.78 is 5.73. The highest BCUT2D eigenvalue weighted by molar-refractivity contribution is 7.11. The topological polar surface area (TPSA) is 35.9 Å². The van der Waals surface area contributed by atoms with Crippen molar-refractivity contribution in [1.29, 1.82) is 0 Å². The number of β-amino-alcohol motifs (C(OH)–C–C–N with tert-alkyl or cyclic N) is 1. The maximum atomic E-state index is 10.3. The van der Waals surface area contributed by atoms with Crippen molar-refractivity contribution in [2.45, 2.75) is 45.6 Å². The normalized spacial score (nSPS) is 25.4. The summed E-state index contributed by atoms with van der Waals surface area (Å²) in [6.45, 7) is 10.5. The van der Waals surface area contributed by atoms with Crippen molar-refractivity contribution in [2.75, 3.05) is 33.2 Å². The van der Waals surface area contributed by atoms with Crippen LogP contribution in [0.3, 0.4) is 0 Å². The van der Waals surface area contributed by atoms with Crippen molar-refractivity contribution < 1.29 is 9.84 Å². The van der Waals surface area contributed by atoms with Gasteiger partial charge in [0.1, 0.15) is 0 Å². The second kappa shape index (κ2) is 7.70. The minimum atomic E-state index is -0.312. The number of nitrogens with zero attached hydrogens (tertiary/aromatic N) is 2. The Hall–Kier alpha value is -0.460. The van der Waals surface area contributed by atoms with Gasteiger partial charge in [-0.2, -0.15) is 0 Å². The van der Waals surface area contributed by atoms with E-state index in [9.17, 15) is 5.11 Å². The molecule has 0 radical (unpaired) electrons. The maximum absolute atomic E-state index is 10.3. The Kier molecular flexibility index (Phi) is 6.20. The number of morpholine rings is 1. The van der Waals surface area contributed by atoms with Gasteiger partial charge in [-0.25, -0.2) is 0 Å². The second-order valence-corrected chi connectivity index (χ2v) is 7.71. The van der Waals surface area contributed by atoms with Gasteiger partial charge in [-0.05, 0) is 40.0 Å². The fraction of sp³-hybridized carbons (Fsp3) is 0.750. The van der Waals surface area contributed by atoms with Gasteiger partial charge in [0, 0.05) is 42.5 Å². The molecule has 0 amide bonds. The van der Waals surface area contributed by atoms with Gasteiger partial charge in [0.25, 0.3) is 0 Å². The summed E-state index contributed by atoms with van der Waals surface area (Å²) in [6.07, 6.45) is 0.203. The molecular weight excluding hydrogens is 284 g/mol. The number of aryl methyl sites for hydroxylation is 1. The van der Waals surface area contributed by atoms with Crippen LogP contribution < -0.4 is 0 Å². The monoisotopic (exact) mass is 312 g/mol. The molecule has 1 aromatic rings. The highest BCUT2D eigenvalue weighted by Crippen LogP contribution is 2.17. The van der Waals surface area contributed by atoms with E-state index in [1.165, 1.54) is 9.75 Å². The molecule has 1 N–H and O–H groups in total. The van der Waals surface area contributed by atoms with Crippen LogP contribution in [0.1, 0.15) is 23.6 Å². The molecule has 3 unspecified atom stereocenters. The Balaban J connectivity index is 1.74. The Morgan fingerprint density at radius 1 is 1.38 bits per heavy atom. The Bertz CT molecular complexity index is 428. The largest absolute Gasteiger partial charge is 0.390 e. The first-order valence-electron chi connectivity index (χ1n) is 7.72. The van der Waals surface area contributed by atoms with E-state index in [1.54, 1.807) is 0 Å². The van der Waals surface area contributed by atoms with Gasteiger partial charge in [-0.15, -0.1) is 11.3 Å². The van der Waals surface area contributed by atoms with E-state index in [4.69, 9.17) is 4.74 Å². The number of rotatable bonds is 6.